The van der Waals surface area contributed by atoms with Gasteiger partial charge in [0.1, 0.15) is 0 Å². The van der Waals surface area contributed by atoms with E-state index in [0.717, 1.165) is 13.1 Å². The molecule has 0 unspecified atom stereocenters. The summed E-state index contributed by atoms with van der Waals surface area (Å²) in [4.78, 5) is 6.77. The van der Waals surface area contributed by atoms with Crippen LogP contribution in [-0.4, -0.2) is 39.6 Å². The summed E-state index contributed by atoms with van der Waals surface area (Å²) in [7, 11) is 0. The average molecular weight is 250 g/mol. The molecule has 2 heterocycles. The molecule has 0 bridgehead atoms. The molecule has 18 heavy (non-hydrogen) atoms. The van der Waals surface area contributed by atoms with Gasteiger partial charge in [0.15, 0.2) is 0 Å². The molecule has 0 aromatic carbocycles. The predicted molar refractivity (Wildman–Crippen MR) is 74.5 cm³/mol. The number of hydrogen-bond acceptors (Lipinski definition) is 3. The van der Waals surface area contributed by atoms with E-state index in [1.54, 1.807) is 0 Å². The molecule has 0 aliphatic carbocycles. The van der Waals surface area contributed by atoms with E-state index in [1.807, 2.05) is 12.5 Å². The lowest BCUT2D eigenvalue weighted by atomic mass is 10.0. The van der Waals surface area contributed by atoms with E-state index in [4.69, 9.17) is 0 Å². The lowest BCUT2D eigenvalue weighted by Crippen LogP contribution is -2.44. The quantitative estimate of drug-likeness (QED) is 0.866. The van der Waals surface area contributed by atoms with Crippen LogP contribution in [0.2, 0.25) is 0 Å². The fraction of sp³-hybridized carbons (Fsp3) is 0.786. The molecule has 102 valence electrons. The van der Waals surface area contributed by atoms with E-state index >= 15 is 0 Å². The summed E-state index contributed by atoms with van der Waals surface area (Å²) < 4.78 is 2.20. The number of nitrogens with zero attached hydrogens (tertiary/aromatic N) is 3. The van der Waals surface area contributed by atoms with Crippen LogP contribution in [0.5, 0.6) is 0 Å². The molecule has 1 saturated heterocycles. The topological polar surface area (TPSA) is 33.1 Å². The molecule has 1 aliphatic rings. The van der Waals surface area contributed by atoms with Crippen LogP contribution >= 0.6 is 0 Å². The van der Waals surface area contributed by atoms with Crippen molar-refractivity contribution in [2.45, 2.75) is 58.8 Å². The van der Waals surface area contributed by atoms with Crippen LogP contribution in [0, 0.1) is 0 Å². The molecular weight excluding hydrogens is 224 g/mol. The van der Waals surface area contributed by atoms with Gasteiger partial charge in [0.2, 0.25) is 0 Å². The lowest BCUT2D eigenvalue weighted by molar-refractivity contribution is 0.160. The minimum absolute atomic E-state index is 0.667. The van der Waals surface area contributed by atoms with Crippen LogP contribution in [0.1, 0.15) is 39.3 Å². The first-order chi connectivity index (χ1) is 8.70. The summed E-state index contributed by atoms with van der Waals surface area (Å²) in [5.41, 5.74) is 1.30. The SMILES string of the molecule is CCn1cncc1CNC1CCN(C(C)C)CC1. The van der Waals surface area contributed by atoms with Crippen LogP contribution in [-0.2, 0) is 13.1 Å². The maximum atomic E-state index is 4.21. The first-order valence-electron chi connectivity index (χ1n) is 7.17. The van der Waals surface area contributed by atoms with E-state index in [2.05, 4.69) is 40.5 Å². The van der Waals surface area contributed by atoms with Gasteiger partial charge in [0.25, 0.3) is 0 Å². The zero-order valence-corrected chi connectivity index (χ0v) is 11.9. The van der Waals surface area contributed by atoms with Crippen molar-refractivity contribution in [2.24, 2.45) is 0 Å². The largest absolute Gasteiger partial charge is 0.334 e. The van der Waals surface area contributed by atoms with Crippen molar-refractivity contribution in [3.05, 3.63) is 18.2 Å². The third kappa shape index (κ3) is 3.33. The van der Waals surface area contributed by atoms with Gasteiger partial charge in [-0.1, -0.05) is 0 Å². The van der Waals surface area contributed by atoms with Crippen molar-refractivity contribution in [2.75, 3.05) is 13.1 Å². The number of hydrogen-bond donors (Lipinski definition) is 1. The zero-order valence-electron chi connectivity index (χ0n) is 11.9. The van der Waals surface area contributed by atoms with Gasteiger partial charge in [0, 0.05) is 31.4 Å². The zero-order chi connectivity index (χ0) is 13.0. The Balaban J connectivity index is 1.75. The Kier molecular flexibility index (Phi) is 4.78. The Morgan fingerprint density at radius 3 is 2.72 bits per heavy atom. The van der Waals surface area contributed by atoms with Crippen molar-refractivity contribution >= 4 is 0 Å². The van der Waals surface area contributed by atoms with Gasteiger partial charge in [-0.2, -0.15) is 0 Å². The number of aryl methyl sites for hydroxylation is 1. The van der Waals surface area contributed by atoms with Gasteiger partial charge in [-0.25, -0.2) is 4.98 Å². The first kappa shape index (κ1) is 13.6. The molecular formula is C14H26N4. The van der Waals surface area contributed by atoms with Crippen LogP contribution in [0.4, 0.5) is 0 Å². The molecule has 0 spiro atoms. The molecule has 0 saturated carbocycles. The normalized spacial score (nSPS) is 18.7. The Labute approximate surface area is 110 Å². The minimum Gasteiger partial charge on any atom is -0.334 e. The number of likely N-dealkylation sites (tertiary alicyclic amines) is 1. The summed E-state index contributed by atoms with van der Waals surface area (Å²) in [5, 5.41) is 3.67. The Morgan fingerprint density at radius 1 is 1.39 bits per heavy atom. The monoisotopic (exact) mass is 250 g/mol. The number of aromatic nitrogens is 2. The first-order valence-corrected chi connectivity index (χ1v) is 7.17. The van der Waals surface area contributed by atoms with Crippen molar-refractivity contribution in [1.29, 1.82) is 0 Å². The number of piperidine rings is 1. The summed E-state index contributed by atoms with van der Waals surface area (Å²) in [6.07, 6.45) is 6.41. The highest BCUT2D eigenvalue weighted by Gasteiger charge is 2.20. The lowest BCUT2D eigenvalue weighted by Gasteiger charge is -2.35. The predicted octanol–water partition coefficient (Wildman–Crippen LogP) is 1.87. The summed E-state index contributed by atoms with van der Waals surface area (Å²) in [6.45, 7) is 11.1. The van der Waals surface area contributed by atoms with E-state index in [1.165, 1.54) is 31.6 Å². The third-order valence-corrected chi connectivity index (χ3v) is 3.97. The molecule has 0 amide bonds. The molecule has 0 atom stereocenters. The Hall–Kier alpha value is -0.870. The molecule has 1 aliphatic heterocycles. The van der Waals surface area contributed by atoms with E-state index in [0.29, 0.717) is 12.1 Å². The highest BCUT2D eigenvalue weighted by atomic mass is 15.2. The number of nitrogens with one attached hydrogen (secondary N) is 1. The maximum Gasteiger partial charge on any atom is 0.0948 e. The molecule has 1 aromatic rings. The van der Waals surface area contributed by atoms with Crippen LogP contribution in [0.15, 0.2) is 12.5 Å². The van der Waals surface area contributed by atoms with Crippen molar-refractivity contribution in [3.8, 4) is 0 Å². The average Bonchev–Trinajstić information content (AvgIpc) is 2.84. The molecule has 2 rings (SSSR count). The van der Waals surface area contributed by atoms with E-state index < -0.39 is 0 Å². The number of rotatable bonds is 5. The van der Waals surface area contributed by atoms with Gasteiger partial charge in [-0.3, -0.25) is 0 Å². The minimum atomic E-state index is 0.667. The van der Waals surface area contributed by atoms with Crippen molar-refractivity contribution < 1.29 is 0 Å². The van der Waals surface area contributed by atoms with Gasteiger partial charge >= 0.3 is 0 Å². The second kappa shape index (κ2) is 6.34. The van der Waals surface area contributed by atoms with Gasteiger partial charge in [0.05, 0.1) is 12.0 Å². The van der Waals surface area contributed by atoms with Crippen LogP contribution < -0.4 is 5.32 Å². The third-order valence-electron chi connectivity index (χ3n) is 3.97. The second-order valence-electron chi connectivity index (χ2n) is 5.46. The summed E-state index contributed by atoms with van der Waals surface area (Å²) >= 11 is 0. The summed E-state index contributed by atoms with van der Waals surface area (Å²) in [5.74, 6) is 0. The molecule has 1 aromatic heterocycles. The fourth-order valence-electron chi connectivity index (χ4n) is 2.65. The number of imidazole rings is 1. The van der Waals surface area contributed by atoms with Crippen LogP contribution in [0.3, 0.4) is 0 Å². The molecule has 4 heteroatoms. The molecule has 1 N–H and O–H groups in total. The molecule has 0 radical (unpaired) electrons. The summed E-state index contributed by atoms with van der Waals surface area (Å²) in [6, 6.07) is 1.35. The molecule has 1 fully saturated rings. The van der Waals surface area contributed by atoms with Gasteiger partial charge in [-0.15, -0.1) is 0 Å². The highest BCUT2D eigenvalue weighted by molar-refractivity contribution is 4.98. The maximum absolute atomic E-state index is 4.21. The van der Waals surface area contributed by atoms with Gasteiger partial charge in [-0.05, 0) is 46.7 Å². The van der Waals surface area contributed by atoms with Gasteiger partial charge < -0.3 is 14.8 Å². The molecule has 4 nitrogen and oxygen atoms in total. The van der Waals surface area contributed by atoms with Crippen LogP contribution in [0.25, 0.3) is 0 Å². The Morgan fingerprint density at radius 2 is 2.11 bits per heavy atom. The smallest absolute Gasteiger partial charge is 0.0948 e. The fourth-order valence-corrected chi connectivity index (χ4v) is 2.65. The van der Waals surface area contributed by atoms with Crippen molar-refractivity contribution in [1.82, 2.24) is 19.8 Å². The van der Waals surface area contributed by atoms with E-state index in [9.17, 15) is 0 Å². The standard InChI is InChI=1S/C14H26N4/c1-4-17-11-15-9-14(17)10-16-13-5-7-18(8-6-13)12(2)3/h9,11-13,16H,4-8,10H2,1-3H3. The Bertz CT molecular complexity index is 350. The highest BCUT2D eigenvalue weighted by Crippen LogP contribution is 2.13. The van der Waals surface area contributed by atoms with Crippen molar-refractivity contribution in [3.63, 3.8) is 0 Å². The van der Waals surface area contributed by atoms with E-state index in [-0.39, 0.29) is 0 Å². The second-order valence-corrected chi connectivity index (χ2v) is 5.46.